The molecule has 1 aliphatic rings. The number of allylic oxidation sites excluding steroid dienone is 1. The van der Waals surface area contributed by atoms with Crippen molar-refractivity contribution in [2.24, 2.45) is 4.99 Å². The summed E-state index contributed by atoms with van der Waals surface area (Å²) in [6.45, 7) is 4.02. The molecular formula is C35H26Cl3N3O3S. The van der Waals surface area contributed by atoms with Crippen LogP contribution in [0.5, 0.6) is 5.75 Å². The molecule has 0 saturated carbocycles. The van der Waals surface area contributed by atoms with Crippen LogP contribution in [-0.2, 0) is 11.4 Å². The number of hydrogen-bond acceptors (Lipinski definition) is 5. The first kappa shape index (κ1) is 30.9. The number of para-hydroxylation sites is 1. The van der Waals surface area contributed by atoms with Gasteiger partial charge in [0.25, 0.3) is 11.5 Å². The van der Waals surface area contributed by atoms with Gasteiger partial charge >= 0.3 is 0 Å². The summed E-state index contributed by atoms with van der Waals surface area (Å²) in [5.41, 5.74) is 4.63. The van der Waals surface area contributed by atoms with Crippen LogP contribution in [-0.4, -0.2) is 10.5 Å². The molecule has 6 rings (SSSR count). The lowest BCUT2D eigenvalue weighted by Gasteiger charge is -2.25. The number of aryl methyl sites for hydroxylation is 1. The highest BCUT2D eigenvalue weighted by Gasteiger charge is 2.32. The minimum Gasteiger partial charge on any atom is -0.488 e. The summed E-state index contributed by atoms with van der Waals surface area (Å²) in [6, 6.07) is 26.9. The van der Waals surface area contributed by atoms with Gasteiger partial charge in [0, 0.05) is 16.3 Å². The van der Waals surface area contributed by atoms with Gasteiger partial charge in [-0.2, -0.15) is 0 Å². The molecule has 0 saturated heterocycles. The molecule has 45 heavy (non-hydrogen) atoms. The molecule has 226 valence electrons. The molecule has 0 unspecified atom stereocenters. The van der Waals surface area contributed by atoms with Crippen LogP contribution >= 0.6 is 46.1 Å². The zero-order valence-electron chi connectivity index (χ0n) is 24.2. The van der Waals surface area contributed by atoms with Crippen molar-refractivity contribution in [3.8, 4) is 5.75 Å². The Bertz CT molecular complexity index is 2140. The number of benzene rings is 4. The lowest BCUT2D eigenvalue weighted by atomic mass is 9.94. The topological polar surface area (TPSA) is 72.7 Å². The fraction of sp³-hybridized carbons (Fsp3) is 0.114. The Labute approximate surface area is 278 Å². The van der Waals surface area contributed by atoms with Crippen molar-refractivity contribution in [1.29, 1.82) is 0 Å². The van der Waals surface area contributed by atoms with Crippen molar-refractivity contribution < 1.29 is 9.53 Å². The van der Waals surface area contributed by atoms with Gasteiger partial charge in [0.15, 0.2) is 4.80 Å². The molecule has 0 spiro atoms. The van der Waals surface area contributed by atoms with Crippen LogP contribution < -0.4 is 24.9 Å². The fourth-order valence-corrected chi connectivity index (χ4v) is 6.63. The maximum Gasteiger partial charge on any atom is 0.271 e. The Balaban J connectivity index is 1.43. The minimum atomic E-state index is -0.683. The Morgan fingerprint density at radius 2 is 1.71 bits per heavy atom. The summed E-state index contributed by atoms with van der Waals surface area (Å²) < 4.78 is 8.14. The fourth-order valence-electron chi connectivity index (χ4n) is 5.09. The van der Waals surface area contributed by atoms with Crippen molar-refractivity contribution in [1.82, 2.24) is 4.57 Å². The third kappa shape index (κ3) is 6.63. The van der Waals surface area contributed by atoms with E-state index in [1.54, 1.807) is 47.9 Å². The Hall–Kier alpha value is -4.14. The largest absolute Gasteiger partial charge is 0.488 e. The number of fused-ring (bicyclic) bond motifs is 1. The number of rotatable bonds is 7. The van der Waals surface area contributed by atoms with Crippen LogP contribution in [0.1, 0.15) is 35.2 Å². The van der Waals surface area contributed by atoms with E-state index < -0.39 is 6.04 Å². The molecule has 0 bridgehead atoms. The van der Waals surface area contributed by atoms with E-state index >= 15 is 0 Å². The predicted octanol–water partition coefficient (Wildman–Crippen LogP) is 7.72. The van der Waals surface area contributed by atoms with Crippen molar-refractivity contribution in [3.05, 3.63) is 159 Å². The predicted molar refractivity (Wildman–Crippen MR) is 182 cm³/mol. The van der Waals surface area contributed by atoms with Crippen LogP contribution in [0, 0.1) is 6.92 Å². The summed E-state index contributed by atoms with van der Waals surface area (Å²) in [5.74, 6) is 0.209. The van der Waals surface area contributed by atoms with Gasteiger partial charge in [-0.3, -0.25) is 14.2 Å². The number of nitrogens with zero attached hydrogens (tertiary/aromatic N) is 2. The lowest BCUT2D eigenvalue weighted by molar-refractivity contribution is -0.113. The molecule has 2 heterocycles. The molecule has 0 radical (unpaired) electrons. The Morgan fingerprint density at radius 3 is 2.44 bits per heavy atom. The quantitative estimate of drug-likeness (QED) is 0.192. The normalized spacial score (nSPS) is 14.6. The van der Waals surface area contributed by atoms with Gasteiger partial charge in [-0.15, -0.1) is 0 Å². The summed E-state index contributed by atoms with van der Waals surface area (Å²) in [4.78, 5) is 33.2. The zero-order valence-corrected chi connectivity index (χ0v) is 27.3. The average molecular weight is 675 g/mol. The monoisotopic (exact) mass is 673 g/mol. The van der Waals surface area contributed by atoms with E-state index in [-0.39, 0.29) is 18.1 Å². The molecule has 6 nitrogen and oxygen atoms in total. The maximum atomic E-state index is 14.2. The summed E-state index contributed by atoms with van der Waals surface area (Å²) >= 11 is 19.9. The number of thiazole rings is 1. The molecule has 5 aromatic rings. The molecule has 0 aliphatic carbocycles. The van der Waals surface area contributed by atoms with Gasteiger partial charge in [0.2, 0.25) is 0 Å². The summed E-state index contributed by atoms with van der Waals surface area (Å²) in [7, 11) is 0. The van der Waals surface area contributed by atoms with E-state index in [0.29, 0.717) is 52.7 Å². The lowest BCUT2D eigenvalue weighted by Crippen LogP contribution is -2.40. The molecule has 0 fully saturated rings. The first-order valence-corrected chi connectivity index (χ1v) is 15.9. The third-order valence-electron chi connectivity index (χ3n) is 7.33. The van der Waals surface area contributed by atoms with Crippen LogP contribution in [0.2, 0.25) is 15.1 Å². The highest BCUT2D eigenvalue weighted by molar-refractivity contribution is 7.07. The average Bonchev–Trinajstić information content (AvgIpc) is 3.32. The minimum absolute atomic E-state index is 0.229. The number of nitrogens with one attached hydrogen (secondary N) is 1. The second-order valence-corrected chi connectivity index (χ2v) is 12.8. The van der Waals surface area contributed by atoms with Crippen molar-refractivity contribution in [2.75, 3.05) is 5.32 Å². The molecule has 1 atom stereocenters. The highest BCUT2D eigenvalue weighted by Crippen LogP contribution is 2.31. The highest BCUT2D eigenvalue weighted by atomic mass is 35.5. The van der Waals surface area contributed by atoms with E-state index in [1.807, 2.05) is 67.6 Å². The molecule has 4 aromatic carbocycles. The van der Waals surface area contributed by atoms with Crippen LogP contribution in [0.15, 0.2) is 112 Å². The molecule has 1 aliphatic heterocycles. The number of halogens is 3. The van der Waals surface area contributed by atoms with Gasteiger partial charge in [-0.1, -0.05) is 100 Å². The van der Waals surface area contributed by atoms with E-state index in [1.165, 1.54) is 11.3 Å². The van der Waals surface area contributed by atoms with Gasteiger partial charge in [0.1, 0.15) is 12.4 Å². The first-order chi connectivity index (χ1) is 21.7. The number of aromatic nitrogens is 1. The van der Waals surface area contributed by atoms with E-state index in [2.05, 4.69) is 5.32 Å². The Kier molecular flexibility index (Phi) is 8.97. The zero-order chi connectivity index (χ0) is 31.7. The Morgan fingerprint density at radius 1 is 0.956 bits per heavy atom. The summed E-state index contributed by atoms with van der Waals surface area (Å²) in [5, 5.41) is 4.36. The van der Waals surface area contributed by atoms with Crippen LogP contribution in [0.3, 0.4) is 0 Å². The molecule has 10 heteroatoms. The SMILES string of the molecule is CC1=C(C(=O)Nc2ccccc2)[C@@H](c2ccc(C)cc2)n2c(s/c(=C\c3cc(Cl)ccc3OCc3ccc(Cl)c(Cl)c3)c2=O)=N1. The molecule has 1 N–H and O–H groups in total. The number of carbonyl (C=O) groups is 1. The van der Waals surface area contributed by atoms with Crippen molar-refractivity contribution >= 4 is 63.8 Å². The van der Waals surface area contributed by atoms with E-state index in [4.69, 9.17) is 44.5 Å². The van der Waals surface area contributed by atoms with Crippen molar-refractivity contribution in [3.63, 3.8) is 0 Å². The number of ether oxygens (including phenoxy) is 1. The van der Waals surface area contributed by atoms with E-state index in [9.17, 15) is 9.59 Å². The smallest absolute Gasteiger partial charge is 0.271 e. The standard InChI is InChI=1S/C35H26Cl3N3O3S/c1-20-8-11-23(12-9-20)32-31(33(42)40-26-6-4-3-5-7-26)21(2)39-35-41(32)34(43)30(45-35)18-24-17-25(36)13-15-29(24)44-19-22-10-14-27(37)28(38)16-22/h3-18,32H,19H2,1-2H3,(H,40,42)/b30-18-/t32-/m1/s1. The van der Waals surface area contributed by atoms with Gasteiger partial charge in [-0.05, 0) is 73.5 Å². The van der Waals surface area contributed by atoms with Crippen LogP contribution in [0.4, 0.5) is 5.69 Å². The maximum absolute atomic E-state index is 14.2. The van der Waals surface area contributed by atoms with Crippen LogP contribution in [0.25, 0.3) is 6.08 Å². The number of hydrogen-bond donors (Lipinski definition) is 1. The van der Waals surface area contributed by atoms with E-state index in [0.717, 1.165) is 16.7 Å². The number of carbonyl (C=O) groups excluding carboxylic acids is 1. The molecule has 1 amide bonds. The van der Waals surface area contributed by atoms with Gasteiger partial charge in [0.05, 0.1) is 31.9 Å². The first-order valence-electron chi connectivity index (χ1n) is 14.0. The second-order valence-electron chi connectivity index (χ2n) is 10.5. The molecule has 1 aromatic heterocycles. The van der Waals surface area contributed by atoms with Crippen molar-refractivity contribution in [2.45, 2.75) is 26.5 Å². The van der Waals surface area contributed by atoms with Gasteiger partial charge < -0.3 is 10.1 Å². The van der Waals surface area contributed by atoms with Gasteiger partial charge in [-0.25, -0.2) is 4.99 Å². The molecular weight excluding hydrogens is 649 g/mol. The number of amides is 1. The second kappa shape index (κ2) is 13.1. The summed E-state index contributed by atoms with van der Waals surface area (Å²) in [6.07, 6.45) is 1.75. The third-order valence-corrected chi connectivity index (χ3v) is 9.28. The number of anilines is 1.